The average molecular weight is 771 g/mol. The van der Waals surface area contributed by atoms with Crippen LogP contribution in [0.25, 0.3) is 54.6 Å². The van der Waals surface area contributed by atoms with Crippen LogP contribution in [0.3, 0.4) is 0 Å². The topological polar surface area (TPSA) is 38.7 Å². The predicted molar refractivity (Wildman–Crippen MR) is 244 cm³/mol. The van der Waals surface area contributed by atoms with Crippen molar-refractivity contribution in [1.29, 1.82) is 0 Å². The van der Waals surface area contributed by atoms with E-state index in [1.807, 2.05) is 18.2 Å². The van der Waals surface area contributed by atoms with Crippen LogP contribution in [0, 0.1) is 6.92 Å². The van der Waals surface area contributed by atoms with Gasteiger partial charge in [0.25, 0.3) is 0 Å². The van der Waals surface area contributed by atoms with Gasteiger partial charge in [-0.3, -0.25) is 0 Å². The number of hydrogen-bond donors (Lipinski definition) is 1. The molecule has 0 fully saturated rings. The smallest absolute Gasteiger partial charge is 0.132 e. The third-order valence-corrected chi connectivity index (χ3v) is 12.7. The molecule has 2 aliphatic heterocycles. The summed E-state index contributed by atoms with van der Waals surface area (Å²) in [6.07, 6.45) is 0. The maximum Gasteiger partial charge on any atom is 0.132 e. The minimum Gasteiger partial charge on any atom is -0.508 e. The molecule has 10 aromatic rings. The molecule has 0 aliphatic carbocycles. The maximum atomic E-state index is 10.6. The Hall–Kier alpha value is -7.62. The highest BCUT2D eigenvalue weighted by Gasteiger charge is 2.36. The zero-order chi connectivity index (χ0) is 39.9. The van der Waals surface area contributed by atoms with Crippen LogP contribution in [0.4, 0.5) is 0 Å². The average Bonchev–Trinajstić information content (AvgIpc) is 3.30. The molecule has 3 nitrogen and oxygen atoms in total. The molecular weight excluding hydrogens is 733 g/mol. The molecule has 60 heavy (non-hydrogen) atoms. The van der Waals surface area contributed by atoms with Crippen molar-refractivity contribution >= 4 is 32.3 Å². The van der Waals surface area contributed by atoms with Crippen molar-refractivity contribution in [2.75, 3.05) is 0 Å². The van der Waals surface area contributed by atoms with Gasteiger partial charge in [0.2, 0.25) is 0 Å². The van der Waals surface area contributed by atoms with Crippen LogP contribution in [-0.2, 0) is 0 Å². The summed E-state index contributed by atoms with van der Waals surface area (Å²) in [7, 11) is 0. The number of aromatic hydroxyl groups is 1. The summed E-state index contributed by atoms with van der Waals surface area (Å²) < 4.78 is 13.9. The van der Waals surface area contributed by atoms with Gasteiger partial charge in [0, 0.05) is 34.1 Å². The second-order valence-electron chi connectivity index (χ2n) is 16.2. The molecule has 12 rings (SSSR count). The van der Waals surface area contributed by atoms with Gasteiger partial charge in [0.15, 0.2) is 0 Å². The Bertz CT molecular complexity index is 3090. The predicted octanol–water partition coefficient (Wildman–Crippen LogP) is 15.1. The van der Waals surface area contributed by atoms with Crippen molar-refractivity contribution in [1.82, 2.24) is 0 Å². The van der Waals surface area contributed by atoms with E-state index in [0.29, 0.717) is 0 Å². The molecule has 2 unspecified atom stereocenters. The minimum absolute atomic E-state index is 0.106. The Kier molecular flexibility index (Phi) is 7.73. The second-order valence-corrected chi connectivity index (χ2v) is 16.2. The number of fused-ring (bicyclic) bond motifs is 11. The van der Waals surface area contributed by atoms with Crippen molar-refractivity contribution in [2.45, 2.75) is 18.8 Å². The number of aryl methyl sites for hydroxylation is 1. The number of benzene rings is 10. The number of phenolic OH excluding ortho intramolecular Hbond substituents is 1. The zero-order valence-corrected chi connectivity index (χ0v) is 32.9. The van der Waals surface area contributed by atoms with Crippen LogP contribution in [0.15, 0.2) is 194 Å². The fourth-order valence-electron chi connectivity index (χ4n) is 9.92. The highest BCUT2D eigenvalue weighted by Crippen LogP contribution is 2.57. The summed E-state index contributed by atoms with van der Waals surface area (Å²) in [5.74, 6) is 3.39. The Morgan fingerprint density at radius 1 is 0.350 bits per heavy atom. The zero-order valence-electron chi connectivity index (χ0n) is 32.9. The third kappa shape index (κ3) is 5.43. The Labute approximate surface area is 348 Å². The number of hydrogen-bond acceptors (Lipinski definition) is 3. The molecule has 10 aromatic carbocycles. The van der Waals surface area contributed by atoms with Gasteiger partial charge in [0.1, 0.15) is 28.7 Å². The molecule has 0 spiro atoms. The Morgan fingerprint density at radius 3 is 1.22 bits per heavy atom. The van der Waals surface area contributed by atoms with Crippen molar-refractivity contribution < 1.29 is 14.6 Å². The maximum absolute atomic E-state index is 10.6. The van der Waals surface area contributed by atoms with E-state index in [1.165, 1.54) is 55.3 Å². The first kappa shape index (κ1) is 34.4. The lowest BCUT2D eigenvalue weighted by Gasteiger charge is -2.34. The molecule has 284 valence electrons. The lowest BCUT2D eigenvalue weighted by Crippen LogP contribution is -2.15. The molecule has 1 N–H and O–H groups in total. The fourth-order valence-corrected chi connectivity index (χ4v) is 9.92. The molecule has 0 saturated carbocycles. The van der Waals surface area contributed by atoms with Gasteiger partial charge in [-0.2, -0.15) is 0 Å². The number of ether oxygens (including phenoxy) is 2. The van der Waals surface area contributed by atoms with Gasteiger partial charge in [-0.25, -0.2) is 0 Å². The van der Waals surface area contributed by atoms with Crippen LogP contribution >= 0.6 is 0 Å². The van der Waals surface area contributed by atoms with E-state index in [2.05, 4.69) is 177 Å². The van der Waals surface area contributed by atoms with Crippen LogP contribution < -0.4 is 9.47 Å². The fraction of sp³-hybridized carbons (Fsp3) is 0.0526. The summed E-state index contributed by atoms with van der Waals surface area (Å²) in [5, 5.41) is 17.2. The van der Waals surface area contributed by atoms with Crippen molar-refractivity contribution in [3.05, 3.63) is 233 Å². The van der Waals surface area contributed by atoms with Crippen LogP contribution in [0.5, 0.6) is 28.7 Å². The van der Waals surface area contributed by atoms with Gasteiger partial charge in [0.05, 0.1) is 0 Å². The van der Waals surface area contributed by atoms with E-state index in [0.717, 1.165) is 61.2 Å². The van der Waals surface area contributed by atoms with Gasteiger partial charge in [-0.05, 0) is 109 Å². The third-order valence-electron chi connectivity index (χ3n) is 12.7. The second kappa shape index (κ2) is 13.5. The van der Waals surface area contributed by atoms with E-state index in [4.69, 9.17) is 9.47 Å². The van der Waals surface area contributed by atoms with Crippen LogP contribution in [0.2, 0.25) is 0 Å². The summed E-state index contributed by atoms with van der Waals surface area (Å²) in [5.41, 5.74) is 12.9. The van der Waals surface area contributed by atoms with Crippen molar-refractivity contribution in [3.8, 4) is 51.0 Å². The molecular formula is C57H38O3. The number of phenols is 1. The van der Waals surface area contributed by atoms with Crippen molar-refractivity contribution in [3.63, 3.8) is 0 Å². The van der Waals surface area contributed by atoms with E-state index in [-0.39, 0.29) is 17.6 Å². The number of rotatable bonds is 4. The lowest BCUT2D eigenvalue weighted by atomic mass is 9.75. The van der Waals surface area contributed by atoms with Gasteiger partial charge in [-0.1, -0.05) is 163 Å². The van der Waals surface area contributed by atoms with Gasteiger partial charge >= 0.3 is 0 Å². The van der Waals surface area contributed by atoms with E-state index in [1.54, 1.807) is 6.07 Å². The first-order valence-corrected chi connectivity index (χ1v) is 20.6. The summed E-state index contributed by atoms with van der Waals surface area (Å²) in [6.45, 7) is 2.15. The molecule has 0 radical (unpaired) electrons. The quantitative estimate of drug-likeness (QED) is 0.194. The first-order chi connectivity index (χ1) is 29.6. The highest BCUT2D eigenvalue weighted by molar-refractivity contribution is 6.00. The molecule has 2 aliphatic rings. The normalized spacial score (nSPS) is 15.1. The molecule has 0 saturated heterocycles. The highest BCUT2D eigenvalue weighted by atomic mass is 16.5. The van der Waals surface area contributed by atoms with Gasteiger partial charge in [-0.15, -0.1) is 0 Å². The van der Waals surface area contributed by atoms with Crippen LogP contribution in [0.1, 0.15) is 50.8 Å². The van der Waals surface area contributed by atoms with E-state index >= 15 is 0 Å². The standard InChI is InChI=1S/C57H38O3/c1-34-12-24-44-41(32-34)21-28-48-54(44)52(39-17-13-37(14-18-39)35-8-4-2-5-9-35)56-46-26-31-51-57(47(46)27-30-50(56)59-48)53(40-19-15-38(16-20-40)36-10-6-3-7-11-36)55-45-25-23-43(58)33-42(45)22-29-49(55)60-51/h2-33,52-53,58H,1H3. The molecule has 0 bridgehead atoms. The minimum atomic E-state index is -0.159. The van der Waals surface area contributed by atoms with E-state index < -0.39 is 0 Å². The Balaban J connectivity index is 1.11. The van der Waals surface area contributed by atoms with Gasteiger partial charge < -0.3 is 14.6 Å². The molecule has 3 heteroatoms. The lowest BCUT2D eigenvalue weighted by molar-refractivity contribution is 0.453. The monoisotopic (exact) mass is 770 g/mol. The molecule has 0 aromatic heterocycles. The summed E-state index contributed by atoms with van der Waals surface area (Å²) in [4.78, 5) is 0. The van der Waals surface area contributed by atoms with E-state index in [9.17, 15) is 5.11 Å². The van der Waals surface area contributed by atoms with Crippen LogP contribution in [-0.4, -0.2) is 5.11 Å². The summed E-state index contributed by atoms with van der Waals surface area (Å²) >= 11 is 0. The SMILES string of the molecule is Cc1ccc2c3c(ccc2c1)Oc1ccc2c4c(ccc2c1C3c1ccc(-c2ccccc2)cc1)Oc1ccc2cc(O)ccc2c1C4c1ccc(-c2ccccc2)cc1. The van der Waals surface area contributed by atoms with Crippen molar-refractivity contribution in [2.24, 2.45) is 0 Å². The summed E-state index contributed by atoms with van der Waals surface area (Å²) in [6, 6.07) is 68.8. The molecule has 0 amide bonds. The largest absolute Gasteiger partial charge is 0.508 e. The molecule has 2 heterocycles. The molecule has 2 atom stereocenters. The first-order valence-electron chi connectivity index (χ1n) is 20.6. The Morgan fingerprint density at radius 2 is 0.733 bits per heavy atom.